The summed E-state index contributed by atoms with van der Waals surface area (Å²) < 4.78 is 11.0. The van der Waals surface area contributed by atoms with E-state index in [0.717, 1.165) is 31.0 Å². The molecule has 1 unspecified atom stereocenters. The second-order valence-corrected chi connectivity index (χ2v) is 7.53. The van der Waals surface area contributed by atoms with Gasteiger partial charge in [0.1, 0.15) is 0 Å². The van der Waals surface area contributed by atoms with Gasteiger partial charge >= 0.3 is 0 Å². The third kappa shape index (κ3) is 9.18. The van der Waals surface area contributed by atoms with Crippen LogP contribution in [-0.4, -0.2) is 31.6 Å². The molecule has 34 heavy (non-hydrogen) atoms. The highest BCUT2D eigenvalue weighted by atomic mass is 127. The summed E-state index contributed by atoms with van der Waals surface area (Å²) in [5.74, 6) is 0.778. The van der Waals surface area contributed by atoms with Crippen molar-refractivity contribution < 1.29 is 13.9 Å². The number of carbonyl (C=O) groups is 1. The monoisotopic (exact) mass is 576 g/mol. The maximum Gasteiger partial charge on any atom is 0.291 e. The first-order valence-corrected chi connectivity index (χ1v) is 11.3. The predicted molar refractivity (Wildman–Crippen MR) is 147 cm³/mol. The molecule has 0 aliphatic heterocycles. The van der Waals surface area contributed by atoms with E-state index >= 15 is 0 Å². The van der Waals surface area contributed by atoms with Crippen molar-refractivity contribution in [2.24, 2.45) is 4.99 Å². The number of amides is 1. The number of carbonyl (C=O) groups excluding carboxylic acids is 1. The topological polar surface area (TPSA) is 87.9 Å². The summed E-state index contributed by atoms with van der Waals surface area (Å²) in [4.78, 5) is 16.7. The van der Waals surface area contributed by atoms with Crippen molar-refractivity contribution >= 4 is 41.5 Å². The van der Waals surface area contributed by atoms with Gasteiger partial charge in [-0.2, -0.15) is 0 Å². The fraction of sp³-hybridized carbons (Fsp3) is 0.308. The van der Waals surface area contributed by atoms with E-state index in [9.17, 15) is 4.79 Å². The Morgan fingerprint density at radius 3 is 2.47 bits per heavy atom. The van der Waals surface area contributed by atoms with Gasteiger partial charge in [-0.05, 0) is 55.7 Å². The molecule has 0 radical (unpaired) electrons. The van der Waals surface area contributed by atoms with Gasteiger partial charge in [0.2, 0.25) is 0 Å². The summed E-state index contributed by atoms with van der Waals surface area (Å²) in [5.41, 5.74) is 2.94. The van der Waals surface area contributed by atoms with Gasteiger partial charge in [-0.3, -0.25) is 4.79 Å². The molecule has 0 spiro atoms. The van der Waals surface area contributed by atoms with Crippen LogP contribution in [0.1, 0.15) is 48.1 Å². The number of anilines is 1. The minimum absolute atomic E-state index is 0. The van der Waals surface area contributed by atoms with Crippen LogP contribution in [0.2, 0.25) is 0 Å². The van der Waals surface area contributed by atoms with E-state index in [1.54, 1.807) is 12.1 Å². The molecule has 3 N–H and O–H groups in total. The lowest BCUT2D eigenvalue weighted by Crippen LogP contribution is -2.38. The summed E-state index contributed by atoms with van der Waals surface area (Å²) in [7, 11) is 0. The fourth-order valence-corrected chi connectivity index (χ4v) is 3.17. The van der Waals surface area contributed by atoms with Crippen LogP contribution < -0.4 is 16.0 Å². The first-order valence-electron chi connectivity index (χ1n) is 11.3. The molecule has 3 rings (SSSR count). The van der Waals surface area contributed by atoms with Gasteiger partial charge in [0.15, 0.2) is 11.7 Å². The minimum Gasteiger partial charge on any atom is -0.459 e. The third-order valence-electron chi connectivity index (χ3n) is 4.97. The zero-order chi connectivity index (χ0) is 23.3. The summed E-state index contributed by atoms with van der Waals surface area (Å²) in [6.45, 7) is 6.87. The smallest absolute Gasteiger partial charge is 0.291 e. The lowest BCUT2D eigenvalue weighted by Gasteiger charge is -2.14. The average Bonchev–Trinajstić information content (AvgIpc) is 3.39. The Morgan fingerprint density at radius 2 is 1.79 bits per heavy atom. The number of benzene rings is 2. The number of guanidine groups is 1. The first kappa shape index (κ1) is 27.4. The standard InChI is InChI=1S/C26H32N4O3.HI/c1-3-27-26(28-16-8-18-32-20(2)22-9-5-4-6-10-22)29-19-21-12-14-23(15-13-21)30-25(31)24-11-7-17-33-24;/h4-7,9-15,17,20H,3,8,16,18-19H2,1-2H3,(H,30,31)(H2,27,28,29);1H. The van der Waals surface area contributed by atoms with Crippen LogP contribution in [0.5, 0.6) is 0 Å². The molecule has 1 atom stereocenters. The highest BCUT2D eigenvalue weighted by Gasteiger charge is 2.08. The molecule has 1 heterocycles. The number of ether oxygens (including phenoxy) is 1. The molecule has 1 aromatic heterocycles. The van der Waals surface area contributed by atoms with E-state index in [0.29, 0.717) is 18.8 Å². The van der Waals surface area contributed by atoms with Crippen LogP contribution in [0.4, 0.5) is 5.69 Å². The van der Waals surface area contributed by atoms with Crippen molar-refractivity contribution in [3.63, 3.8) is 0 Å². The molecule has 182 valence electrons. The van der Waals surface area contributed by atoms with E-state index in [4.69, 9.17) is 9.15 Å². The highest BCUT2D eigenvalue weighted by molar-refractivity contribution is 14.0. The minimum atomic E-state index is -0.272. The molecule has 0 aliphatic carbocycles. The van der Waals surface area contributed by atoms with E-state index in [1.165, 1.54) is 11.8 Å². The fourth-order valence-electron chi connectivity index (χ4n) is 3.17. The predicted octanol–water partition coefficient (Wildman–Crippen LogP) is 5.37. The van der Waals surface area contributed by atoms with Gasteiger partial charge < -0.3 is 25.1 Å². The highest BCUT2D eigenvalue weighted by Crippen LogP contribution is 2.16. The molecule has 0 fully saturated rings. The average molecular weight is 576 g/mol. The second-order valence-electron chi connectivity index (χ2n) is 7.53. The molecular weight excluding hydrogens is 543 g/mol. The molecule has 2 aromatic carbocycles. The van der Waals surface area contributed by atoms with Crippen LogP contribution >= 0.6 is 24.0 Å². The summed E-state index contributed by atoms with van der Waals surface area (Å²) in [5, 5.41) is 9.42. The zero-order valence-electron chi connectivity index (χ0n) is 19.6. The van der Waals surface area contributed by atoms with E-state index < -0.39 is 0 Å². The normalized spacial score (nSPS) is 11.9. The summed E-state index contributed by atoms with van der Waals surface area (Å²) in [6.07, 6.45) is 2.44. The number of nitrogens with zero attached hydrogens (tertiary/aromatic N) is 1. The first-order chi connectivity index (χ1) is 16.2. The van der Waals surface area contributed by atoms with Crippen LogP contribution in [0.15, 0.2) is 82.4 Å². The maximum atomic E-state index is 12.1. The van der Waals surface area contributed by atoms with Crippen molar-refractivity contribution in [1.29, 1.82) is 0 Å². The zero-order valence-corrected chi connectivity index (χ0v) is 22.0. The van der Waals surface area contributed by atoms with Crippen molar-refractivity contribution in [2.45, 2.75) is 32.9 Å². The van der Waals surface area contributed by atoms with E-state index in [-0.39, 0.29) is 41.7 Å². The number of hydrogen-bond donors (Lipinski definition) is 3. The van der Waals surface area contributed by atoms with Crippen molar-refractivity contribution in [1.82, 2.24) is 10.6 Å². The number of nitrogens with one attached hydrogen (secondary N) is 3. The largest absolute Gasteiger partial charge is 0.459 e. The summed E-state index contributed by atoms with van der Waals surface area (Å²) >= 11 is 0. The third-order valence-corrected chi connectivity index (χ3v) is 4.97. The van der Waals surface area contributed by atoms with Gasteiger partial charge in [0.25, 0.3) is 5.91 Å². The lowest BCUT2D eigenvalue weighted by molar-refractivity contribution is 0.0646. The van der Waals surface area contributed by atoms with Gasteiger partial charge in [-0.15, -0.1) is 24.0 Å². The molecule has 0 aliphatic rings. The van der Waals surface area contributed by atoms with E-state index in [1.807, 2.05) is 49.4 Å². The quantitative estimate of drug-likeness (QED) is 0.124. The van der Waals surface area contributed by atoms with Crippen LogP contribution in [0.25, 0.3) is 0 Å². The molecule has 1 amide bonds. The van der Waals surface area contributed by atoms with Crippen molar-refractivity contribution in [2.75, 3.05) is 25.0 Å². The number of furan rings is 1. The van der Waals surface area contributed by atoms with Crippen molar-refractivity contribution in [3.05, 3.63) is 89.9 Å². The van der Waals surface area contributed by atoms with Gasteiger partial charge in [0.05, 0.1) is 18.9 Å². The number of hydrogen-bond acceptors (Lipinski definition) is 4. The van der Waals surface area contributed by atoms with Crippen molar-refractivity contribution in [3.8, 4) is 0 Å². The molecule has 7 nitrogen and oxygen atoms in total. The second kappa shape index (κ2) is 15.1. The van der Waals surface area contributed by atoms with Crippen LogP contribution in [0.3, 0.4) is 0 Å². The number of aliphatic imine (C=N–C) groups is 1. The Hall–Kier alpha value is -2.85. The van der Waals surface area contributed by atoms with Gasteiger partial charge in [0, 0.05) is 25.4 Å². The van der Waals surface area contributed by atoms with Gasteiger partial charge in [-0.25, -0.2) is 4.99 Å². The number of rotatable bonds is 11. The van der Waals surface area contributed by atoms with Crippen LogP contribution in [-0.2, 0) is 11.3 Å². The van der Waals surface area contributed by atoms with Crippen LogP contribution in [0, 0.1) is 0 Å². The Balaban J connectivity index is 0.00000408. The lowest BCUT2D eigenvalue weighted by atomic mass is 10.1. The molecule has 0 bridgehead atoms. The molecular formula is C26H33IN4O3. The Bertz CT molecular complexity index is 993. The number of halogens is 1. The molecule has 0 saturated carbocycles. The molecule has 0 saturated heterocycles. The SMILES string of the molecule is CCNC(=NCc1ccc(NC(=O)c2ccco2)cc1)NCCCOC(C)c1ccccc1.I. The molecule has 3 aromatic rings. The summed E-state index contributed by atoms with van der Waals surface area (Å²) in [6, 6.07) is 21.2. The maximum absolute atomic E-state index is 12.1. The van der Waals surface area contributed by atoms with E-state index in [2.05, 4.69) is 40.0 Å². The van der Waals surface area contributed by atoms with Gasteiger partial charge in [-0.1, -0.05) is 42.5 Å². The Kier molecular flexibility index (Phi) is 12.2. The Labute approximate surface area is 218 Å². The molecule has 8 heteroatoms. The Morgan fingerprint density at radius 1 is 1.03 bits per heavy atom.